The number of nitrogens with one attached hydrogen (secondary N) is 2. The summed E-state index contributed by atoms with van der Waals surface area (Å²) < 4.78 is 26.9. The number of benzene rings is 1. The number of amides is 1. The molecule has 8 nitrogen and oxygen atoms in total. The van der Waals surface area contributed by atoms with Gasteiger partial charge in [0, 0.05) is 11.3 Å². The van der Waals surface area contributed by atoms with E-state index in [2.05, 4.69) is 10.1 Å². The number of aromatic amines is 1. The van der Waals surface area contributed by atoms with Crippen LogP contribution in [0.1, 0.15) is 35.1 Å². The van der Waals surface area contributed by atoms with Gasteiger partial charge >= 0.3 is 0 Å². The van der Waals surface area contributed by atoms with Crippen molar-refractivity contribution >= 4 is 21.6 Å². The predicted molar refractivity (Wildman–Crippen MR) is 102 cm³/mol. The molecule has 0 unspecified atom stereocenters. The fourth-order valence-corrected chi connectivity index (χ4v) is 4.04. The fourth-order valence-electron chi connectivity index (χ4n) is 3.01. The first-order chi connectivity index (χ1) is 12.7. The van der Waals surface area contributed by atoms with Crippen molar-refractivity contribution in [2.75, 3.05) is 5.75 Å². The first-order valence-electron chi connectivity index (χ1n) is 8.47. The number of carbonyl (C=O) groups is 1. The van der Waals surface area contributed by atoms with Gasteiger partial charge in [-0.1, -0.05) is 37.3 Å². The van der Waals surface area contributed by atoms with Crippen molar-refractivity contribution in [3.63, 3.8) is 0 Å². The van der Waals surface area contributed by atoms with Crippen LogP contribution in [-0.2, 0) is 10.0 Å². The summed E-state index contributed by atoms with van der Waals surface area (Å²) in [6.07, 6.45) is 0.355. The zero-order valence-corrected chi connectivity index (χ0v) is 16.1. The maximum Gasteiger partial charge on any atom is 0.285 e. The Hall–Kier alpha value is -2.94. The molecule has 0 saturated carbocycles. The van der Waals surface area contributed by atoms with Gasteiger partial charge < -0.3 is 0 Å². The highest BCUT2D eigenvalue weighted by Gasteiger charge is 2.24. The summed E-state index contributed by atoms with van der Waals surface area (Å²) >= 11 is 0. The minimum Gasteiger partial charge on any atom is -0.293 e. The van der Waals surface area contributed by atoms with E-state index in [-0.39, 0.29) is 17.0 Å². The Balaban J connectivity index is 2.16. The molecule has 0 aliphatic heterocycles. The molecule has 142 valence electrons. The molecule has 2 heterocycles. The summed E-state index contributed by atoms with van der Waals surface area (Å²) in [5.41, 5.74) is 1.94. The Morgan fingerprint density at radius 1 is 1.22 bits per heavy atom. The van der Waals surface area contributed by atoms with E-state index in [0.717, 1.165) is 11.1 Å². The van der Waals surface area contributed by atoms with E-state index in [9.17, 15) is 18.0 Å². The third kappa shape index (κ3) is 3.50. The van der Waals surface area contributed by atoms with Crippen LogP contribution in [0.4, 0.5) is 0 Å². The molecule has 0 bridgehead atoms. The Morgan fingerprint density at radius 2 is 1.89 bits per heavy atom. The average molecular weight is 388 g/mol. The van der Waals surface area contributed by atoms with Crippen molar-refractivity contribution in [2.24, 2.45) is 0 Å². The normalized spacial score (nSPS) is 11.7. The summed E-state index contributed by atoms with van der Waals surface area (Å²) in [5.74, 6) is -1.17. The van der Waals surface area contributed by atoms with Crippen molar-refractivity contribution < 1.29 is 13.2 Å². The molecule has 2 aromatic heterocycles. The Morgan fingerprint density at radius 3 is 2.52 bits per heavy atom. The molecule has 3 aromatic rings. The van der Waals surface area contributed by atoms with Crippen LogP contribution in [0.3, 0.4) is 0 Å². The highest BCUT2D eigenvalue weighted by molar-refractivity contribution is 7.90. The lowest BCUT2D eigenvalue weighted by molar-refractivity contribution is 0.0978. The fraction of sp³-hybridized carbons (Fsp3) is 0.278. The molecular formula is C18H20N4O4S. The van der Waals surface area contributed by atoms with Gasteiger partial charge in [-0.3, -0.25) is 14.7 Å². The lowest BCUT2D eigenvalue weighted by Crippen LogP contribution is -2.37. The molecule has 0 aliphatic carbocycles. The molecule has 9 heteroatoms. The average Bonchev–Trinajstić information content (AvgIpc) is 2.91. The number of sulfonamides is 1. The molecule has 27 heavy (non-hydrogen) atoms. The molecular weight excluding hydrogens is 368 g/mol. The van der Waals surface area contributed by atoms with Gasteiger partial charge in [-0.05, 0) is 25.8 Å². The number of fused-ring (bicyclic) bond motifs is 1. The Labute approximate surface area is 156 Å². The second kappa shape index (κ2) is 6.99. The van der Waals surface area contributed by atoms with Gasteiger partial charge in [0.15, 0.2) is 5.65 Å². The minimum absolute atomic E-state index is 0.167. The molecule has 0 aliphatic rings. The van der Waals surface area contributed by atoms with Gasteiger partial charge in [-0.15, -0.1) is 0 Å². The largest absolute Gasteiger partial charge is 0.293 e. The first-order valence-corrected chi connectivity index (χ1v) is 10.1. The van der Waals surface area contributed by atoms with Gasteiger partial charge in [-0.25, -0.2) is 22.6 Å². The van der Waals surface area contributed by atoms with Gasteiger partial charge in [-0.2, -0.15) is 0 Å². The molecule has 0 fully saturated rings. The summed E-state index contributed by atoms with van der Waals surface area (Å²) in [6, 6.07) is 9.44. The van der Waals surface area contributed by atoms with Crippen LogP contribution in [0.2, 0.25) is 0 Å². The van der Waals surface area contributed by atoms with Crippen LogP contribution in [0.5, 0.6) is 0 Å². The van der Waals surface area contributed by atoms with E-state index in [1.165, 1.54) is 11.4 Å². The number of hydrogen-bond acceptors (Lipinski definition) is 5. The topological polar surface area (TPSA) is 113 Å². The lowest BCUT2D eigenvalue weighted by Gasteiger charge is -2.08. The number of carbonyl (C=O) groups excluding carboxylic acids is 1. The molecule has 0 saturated heterocycles. The number of aryl methyl sites for hydroxylation is 2. The van der Waals surface area contributed by atoms with Crippen LogP contribution >= 0.6 is 0 Å². The first kappa shape index (κ1) is 18.8. The third-order valence-electron chi connectivity index (χ3n) is 4.15. The van der Waals surface area contributed by atoms with Crippen molar-refractivity contribution in [3.8, 4) is 11.1 Å². The van der Waals surface area contributed by atoms with E-state index in [4.69, 9.17) is 0 Å². The van der Waals surface area contributed by atoms with Gasteiger partial charge in [0.05, 0.1) is 11.4 Å². The van der Waals surface area contributed by atoms with Crippen LogP contribution in [0, 0.1) is 13.8 Å². The van der Waals surface area contributed by atoms with E-state index < -0.39 is 21.5 Å². The predicted octanol–water partition coefficient (Wildman–Crippen LogP) is 1.78. The quantitative estimate of drug-likeness (QED) is 0.692. The van der Waals surface area contributed by atoms with Crippen molar-refractivity contribution in [2.45, 2.75) is 27.2 Å². The number of H-pyrrole nitrogens is 1. The Bertz CT molecular complexity index is 1180. The van der Waals surface area contributed by atoms with E-state index in [1.54, 1.807) is 13.8 Å². The van der Waals surface area contributed by atoms with Crippen molar-refractivity contribution in [3.05, 3.63) is 57.6 Å². The monoisotopic (exact) mass is 388 g/mol. The SMILES string of the molecule is CCCS(=O)(=O)NC(=O)c1c(C)nc2c(-c3ccccc3)c(C)[nH]n2c1=O. The van der Waals surface area contributed by atoms with E-state index in [0.29, 0.717) is 17.8 Å². The maximum absolute atomic E-state index is 12.9. The summed E-state index contributed by atoms with van der Waals surface area (Å²) in [5, 5.41) is 2.92. The highest BCUT2D eigenvalue weighted by Crippen LogP contribution is 2.26. The lowest BCUT2D eigenvalue weighted by atomic mass is 10.1. The Kier molecular flexibility index (Phi) is 4.88. The second-order valence-corrected chi connectivity index (χ2v) is 8.11. The van der Waals surface area contributed by atoms with Gasteiger partial charge in [0.1, 0.15) is 5.56 Å². The summed E-state index contributed by atoms with van der Waals surface area (Å²) in [7, 11) is -3.80. The molecule has 0 atom stereocenters. The molecule has 0 radical (unpaired) electrons. The minimum atomic E-state index is -3.80. The molecule has 1 aromatic carbocycles. The third-order valence-corrected chi connectivity index (χ3v) is 5.59. The van der Waals surface area contributed by atoms with Crippen molar-refractivity contribution in [1.29, 1.82) is 0 Å². The van der Waals surface area contributed by atoms with Gasteiger partial charge in [0.25, 0.3) is 11.5 Å². The number of aromatic nitrogens is 3. The van der Waals surface area contributed by atoms with Crippen LogP contribution in [0.15, 0.2) is 35.1 Å². The zero-order chi connectivity index (χ0) is 19.8. The van der Waals surface area contributed by atoms with E-state index >= 15 is 0 Å². The van der Waals surface area contributed by atoms with Crippen LogP contribution < -0.4 is 10.3 Å². The van der Waals surface area contributed by atoms with Crippen LogP contribution in [-0.4, -0.2) is 34.7 Å². The van der Waals surface area contributed by atoms with Crippen molar-refractivity contribution in [1.82, 2.24) is 19.3 Å². The molecule has 0 spiro atoms. The van der Waals surface area contributed by atoms with Crippen LogP contribution in [0.25, 0.3) is 16.8 Å². The zero-order valence-electron chi connectivity index (χ0n) is 15.2. The second-order valence-electron chi connectivity index (χ2n) is 6.26. The standard InChI is InChI=1S/C18H20N4O4S/c1-4-10-27(25,26)21-17(23)15-11(2)19-16-14(13-8-6-5-7-9-13)12(3)20-22(16)18(15)24/h5-9,20H,4,10H2,1-3H3,(H,21,23). The molecule has 3 rings (SSSR count). The number of nitrogens with zero attached hydrogens (tertiary/aromatic N) is 2. The van der Waals surface area contributed by atoms with E-state index in [1.807, 2.05) is 35.1 Å². The maximum atomic E-state index is 12.9. The number of rotatable bonds is 5. The highest BCUT2D eigenvalue weighted by atomic mass is 32.2. The number of hydrogen-bond donors (Lipinski definition) is 2. The molecule has 1 amide bonds. The molecule has 2 N–H and O–H groups in total. The summed E-state index contributed by atoms with van der Waals surface area (Å²) in [6.45, 7) is 5.00. The van der Waals surface area contributed by atoms with Gasteiger partial charge in [0.2, 0.25) is 10.0 Å². The summed E-state index contributed by atoms with van der Waals surface area (Å²) in [4.78, 5) is 29.7. The smallest absolute Gasteiger partial charge is 0.285 e.